The number of nitrogens with zero attached hydrogens (tertiary/aromatic N) is 1. The Morgan fingerprint density at radius 2 is 0.983 bits per heavy atom. The van der Waals surface area contributed by atoms with Crippen molar-refractivity contribution in [2.24, 2.45) is 0 Å². The lowest BCUT2D eigenvalue weighted by atomic mass is 9.95. The van der Waals surface area contributed by atoms with Gasteiger partial charge in [0.1, 0.15) is 11.2 Å². The average Bonchev–Trinajstić information content (AvgIpc) is 3.76. The number of para-hydroxylation sites is 2. The third kappa shape index (κ3) is 5.82. The van der Waals surface area contributed by atoms with Crippen LogP contribution in [0.1, 0.15) is 19.2 Å². The van der Waals surface area contributed by atoms with Crippen LogP contribution >= 0.6 is 0 Å². The van der Waals surface area contributed by atoms with E-state index in [-0.39, 0.29) is 16.5 Å². The second-order valence-corrected chi connectivity index (χ2v) is 13.7. The zero-order valence-electron chi connectivity index (χ0n) is 44.6. The van der Waals surface area contributed by atoms with Crippen LogP contribution in [0.25, 0.3) is 88.0 Å². The molecule has 1 aromatic heterocycles. The van der Waals surface area contributed by atoms with Crippen LogP contribution in [0.2, 0.25) is 0 Å². The van der Waals surface area contributed by atoms with Crippen LogP contribution in [-0.4, -0.2) is 0 Å². The lowest BCUT2D eigenvalue weighted by molar-refractivity contribution is 0.669. The van der Waals surface area contributed by atoms with Crippen molar-refractivity contribution in [3.63, 3.8) is 0 Å². The summed E-state index contributed by atoms with van der Waals surface area (Å²) in [4.78, 5) is 1.69. The van der Waals surface area contributed by atoms with Crippen molar-refractivity contribution in [2.45, 2.75) is 0 Å². The van der Waals surface area contributed by atoms with Crippen LogP contribution in [0.4, 0.5) is 17.1 Å². The molecule has 0 aliphatic heterocycles. The van der Waals surface area contributed by atoms with E-state index >= 15 is 0 Å². The molecule has 11 aromatic rings. The maximum atomic E-state index is 9.86. The molecule has 272 valence electrons. The molecule has 1 heterocycles. The molecule has 0 amide bonds. The van der Waals surface area contributed by atoms with Gasteiger partial charge in [0.2, 0.25) is 0 Å². The lowest BCUT2D eigenvalue weighted by Gasteiger charge is -2.30. The molecule has 0 spiro atoms. The van der Waals surface area contributed by atoms with Crippen LogP contribution in [0, 0.1) is 0 Å². The van der Waals surface area contributed by atoms with E-state index in [0.29, 0.717) is 33.7 Å². The van der Waals surface area contributed by atoms with Gasteiger partial charge in [-0.3, -0.25) is 0 Å². The zero-order chi connectivity index (χ0) is 50.6. The normalized spacial score (nSPS) is 14.8. The predicted molar refractivity (Wildman–Crippen MR) is 245 cm³/mol. The molecule has 58 heavy (non-hydrogen) atoms. The molecular formula is C56H37NO. The van der Waals surface area contributed by atoms with Gasteiger partial charge in [-0.2, -0.15) is 0 Å². The second-order valence-electron chi connectivity index (χ2n) is 13.7. The molecule has 0 saturated carbocycles. The van der Waals surface area contributed by atoms with Gasteiger partial charge in [0.05, 0.1) is 30.6 Å². The lowest BCUT2D eigenvalue weighted by Crippen LogP contribution is -2.12. The number of hydrogen-bond donors (Lipinski definition) is 0. The van der Waals surface area contributed by atoms with Crippen LogP contribution in [0.5, 0.6) is 0 Å². The maximum absolute atomic E-state index is 9.86. The first kappa shape index (κ1) is 22.2. The molecule has 11 rings (SSSR count). The Morgan fingerprint density at radius 1 is 0.362 bits per heavy atom. The molecule has 0 fully saturated rings. The molecule has 0 unspecified atom stereocenters. The molecule has 2 nitrogen and oxygen atoms in total. The number of benzene rings is 10. The van der Waals surface area contributed by atoms with Crippen LogP contribution < -0.4 is 4.90 Å². The molecule has 10 aromatic carbocycles. The van der Waals surface area contributed by atoms with Crippen molar-refractivity contribution in [2.75, 3.05) is 4.90 Å². The van der Waals surface area contributed by atoms with Crippen molar-refractivity contribution < 1.29 is 23.6 Å². The van der Waals surface area contributed by atoms with E-state index < -0.39 is 107 Å². The zero-order valence-corrected chi connectivity index (χ0v) is 30.6. The van der Waals surface area contributed by atoms with E-state index in [9.17, 15) is 11.0 Å². The van der Waals surface area contributed by atoms with Gasteiger partial charge in [-0.15, -0.1) is 0 Å². The fourth-order valence-electron chi connectivity index (χ4n) is 7.69. The Labute approximate surface area is 357 Å². The first-order chi connectivity index (χ1) is 34.6. The average molecular weight is 754 g/mol. The monoisotopic (exact) mass is 753 g/mol. The van der Waals surface area contributed by atoms with Gasteiger partial charge in [0.25, 0.3) is 0 Å². The molecule has 0 atom stereocenters. The summed E-state index contributed by atoms with van der Waals surface area (Å²) >= 11 is 0. The quantitative estimate of drug-likeness (QED) is 0.161. The van der Waals surface area contributed by atoms with E-state index in [4.69, 9.17) is 12.6 Å². The number of furan rings is 1. The summed E-state index contributed by atoms with van der Waals surface area (Å²) in [7, 11) is 0. The Bertz CT molecular complexity index is 4060. The number of anilines is 3. The highest BCUT2D eigenvalue weighted by Crippen LogP contribution is 2.47. The fourth-order valence-corrected chi connectivity index (χ4v) is 7.69. The van der Waals surface area contributed by atoms with Gasteiger partial charge in [0, 0.05) is 27.6 Å². The Hall–Kier alpha value is -7.68. The van der Waals surface area contributed by atoms with Gasteiger partial charge in [0.15, 0.2) is 0 Å². The van der Waals surface area contributed by atoms with E-state index in [1.807, 2.05) is 127 Å². The highest BCUT2D eigenvalue weighted by atomic mass is 16.3. The number of hydrogen-bond acceptors (Lipinski definition) is 2. The summed E-state index contributed by atoms with van der Waals surface area (Å²) in [5, 5.41) is 3.12. The molecule has 0 aliphatic carbocycles. The molecule has 0 radical (unpaired) electrons. The molecule has 2 heteroatoms. The summed E-state index contributed by atoms with van der Waals surface area (Å²) in [6.45, 7) is 0. The molecule has 0 aliphatic rings. The largest absolute Gasteiger partial charge is 0.456 e. The minimum Gasteiger partial charge on any atom is -0.456 e. The standard InChI is InChI=1S/C56H37NO/c1-2-14-41(15-3-1)48-21-8-10-25-52(48)57(45-34-32-39(33-35-45)38-28-30-42(31-29-38)47-23-12-19-40-16-6-7-20-46(40)47)53-26-11-9-22-49(53)50-24-13-27-54-56(50)51-36-43-17-4-5-18-44(43)37-55(51)58-54/h1-37H/i6D,12D,16D,19D,20D,23D,28D,29D,30D,31D,32D,33D,34D,35D. The fraction of sp³-hybridized carbons (Fsp3) is 0. The van der Waals surface area contributed by atoms with Crippen LogP contribution in [0.3, 0.4) is 0 Å². The van der Waals surface area contributed by atoms with Gasteiger partial charge < -0.3 is 9.32 Å². The number of rotatable bonds is 7. The Kier molecular flexibility index (Phi) is 5.39. The molecular weight excluding hydrogens is 703 g/mol. The summed E-state index contributed by atoms with van der Waals surface area (Å²) in [6.07, 6.45) is 0. The molecule has 0 bridgehead atoms. The summed E-state index contributed by atoms with van der Waals surface area (Å²) < 4.78 is 134. The minimum absolute atomic E-state index is 0.168. The highest BCUT2D eigenvalue weighted by molar-refractivity contribution is 6.16. The smallest absolute Gasteiger partial charge is 0.136 e. The second kappa shape index (κ2) is 14.1. The summed E-state index contributed by atoms with van der Waals surface area (Å²) in [5.74, 6) is 0. The molecule has 0 saturated heterocycles. The van der Waals surface area contributed by atoms with Crippen molar-refractivity contribution in [1.82, 2.24) is 0 Å². The van der Waals surface area contributed by atoms with E-state index in [1.165, 1.54) is 0 Å². The van der Waals surface area contributed by atoms with Crippen LogP contribution in [-0.2, 0) is 0 Å². The Morgan fingerprint density at radius 3 is 1.78 bits per heavy atom. The summed E-state index contributed by atoms with van der Waals surface area (Å²) in [5.41, 5.74) is 3.06. The van der Waals surface area contributed by atoms with E-state index in [0.717, 1.165) is 38.7 Å². The van der Waals surface area contributed by atoms with Crippen molar-refractivity contribution in [3.05, 3.63) is 224 Å². The molecule has 0 N–H and O–H groups in total. The summed E-state index contributed by atoms with van der Waals surface area (Å²) in [6, 6.07) is 34.3. The van der Waals surface area contributed by atoms with Crippen molar-refractivity contribution in [1.29, 1.82) is 0 Å². The van der Waals surface area contributed by atoms with Crippen molar-refractivity contribution in [3.8, 4) is 44.5 Å². The highest BCUT2D eigenvalue weighted by Gasteiger charge is 2.22. The third-order valence-corrected chi connectivity index (χ3v) is 10.3. The van der Waals surface area contributed by atoms with Crippen molar-refractivity contribution >= 4 is 60.5 Å². The topological polar surface area (TPSA) is 16.4 Å². The predicted octanol–water partition coefficient (Wildman–Crippen LogP) is 16.0. The van der Waals surface area contributed by atoms with Crippen LogP contribution in [0.15, 0.2) is 229 Å². The van der Waals surface area contributed by atoms with E-state index in [1.54, 1.807) is 4.90 Å². The SMILES string of the molecule is [2H]c1cc([2H])c2c(-c3c([2H])c([2H])c(-c4c([2H])c([2H])c(N(c5ccccc5-c5ccccc5)c5ccccc5-c5cccc6oc7cc8ccccc8cc7c56)c([2H])c4[2H])c([2H])c3[2H])c([2H])c([2H])c([2H])c2c1[2H]. The third-order valence-electron chi connectivity index (χ3n) is 10.3. The van der Waals surface area contributed by atoms with Gasteiger partial charge in [-0.05, 0) is 97.3 Å². The van der Waals surface area contributed by atoms with Gasteiger partial charge in [-0.25, -0.2) is 0 Å². The maximum Gasteiger partial charge on any atom is 0.136 e. The number of fused-ring (bicyclic) bond motifs is 5. The van der Waals surface area contributed by atoms with Gasteiger partial charge >= 0.3 is 0 Å². The first-order valence-electron chi connectivity index (χ1n) is 25.7. The van der Waals surface area contributed by atoms with Gasteiger partial charge in [-0.1, -0.05) is 182 Å². The first-order valence-corrected chi connectivity index (χ1v) is 18.7. The van der Waals surface area contributed by atoms with E-state index in [2.05, 4.69) is 6.07 Å². The Balaban J connectivity index is 1.17. The minimum atomic E-state index is -0.784.